The Labute approximate surface area is 203 Å². The van der Waals surface area contributed by atoms with Gasteiger partial charge in [-0.25, -0.2) is 4.98 Å². The van der Waals surface area contributed by atoms with E-state index in [1.807, 2.05) is 36.8 Å². The molecule has 182 valence electrons. The van der Waals surface area contributed by atoms with E-state index in [4.69, 9.17) is 24.5 Å². The zero-order valence-electron chi connectivity index (χ0n) is 19.3. The molecule has 10 heteroatoms. The lowest BCUT2D eigenvalue weighted by Gasteiger charge is -2.24. The second kappa shape index (κ2) is 14.6. The molecule has 4 rings (SSSR count). The summed E-state index contributed by atoms with van der Waals surface area (Å²) in [5.41, 5.74) is 3.63. The lowest BCUT2D eigenvalue weighted by Crippen LogP contribution is -2.30. The molecular formula is C24H30N4O5S. The monoisotopic (exact) mass is 486 g/mol. The van der Waals surface area contributed by atoms with Crippen LogP contribution in [-0.2, 0) is 16.1 Å². The van der Waals surface area contributed by atoms with Crippen LogP contribution in [-0.4, -0.2) is 71.3 Å². The number of benzene rings is 1. The molecule has 1 aliphatic heterocycles. The summed E-state index contributed by atoms with van der Waals surface area (Å²) in [4.78, 5) is 31.9. The van der Waals surface area contributed by atoms with E-state index in [0.717, 1.165) is 49.0 Å². The molecule has 0 atom stereocenters. The molecular weight excluding hydrogens is 456 g/mol. The number of carbonyl (C=O) groups is 2. The molecule has 34 heavy (non-hydrogen) atoms. The number of nitrogens with zero attached hydrogens (tertiary/aromatic N) is 4. The fourth-order valence-corrected chi connectivity index (χ4v) is 4.72. The van der Waals surface area contributed by atoms with Gasteiger partial charge in [0.15, 0.2) is 0 Å². The lowest BCUT2D eigenvalue weighted by molar-refractivity contribution is -0.123. The van der Waals surface area contributed by atoms with Crippen molar-refractivity contribution in [1.82, 2.24) is 14.9 Å². The number of pyridine rings is 1. The number of thiazole rings is 1. The second-order valence-corrected chi connectivity index (χ2v) is 8.44. The molecule has 0 bridgehead atoms. The van der Waals surface area contributed by atoms with E-state index in [-0.39, 0.29) is 12.9 Å². The van der Waals surface area contributed by atoms with Crippen LogP contribution < -0.4 is 9.64 Å². The number of para-hydroxylation sites is 1. The van der Waals surface area contributed by atoms with Crippen LogP contribution in [0.5, 0.6) is 5.75 Å². The van der Waals surface area contributed by atoms with Gasteiger partial charge in [-0.1, -0.05) is 12.1 Å². The van der Waals surface area contributed by atoms with Gasteiger partial charge >= 0.3 is 0 Å². The van der Waals surface area contributed by atoms with Gasteiger partial charge in [0.25, 0.3) is 12.9 Å². The molecule has 0 amide bonds. The van der Waals surface area contributed by atoms with Crippen LogP contribution in [0.3, 0.4) is 0 Å². The van der Waals surface area contributed by atoms with Crippen molar-refractivity contribution in [3.8, 4) is 16.3 Å². The summed E-state index contributed by atoms with van der Waals surface area (Å²) in [5.74, 6) is 0.876. The van der Waals surface area contributed by atoms with Gasteiger partial charge < -0.3 is 19.8 Å². The third kappa shape index (κ3) is 7.82. The number of anilines is 1. The summed E-state index contributed by atoms with van der Waals surface area (Å²) in [7, 11) is 1.71. The van der Waals surface area contributed by atoms with Gasteiger partial charge in [0, 0.05) is 61.9 Å². The van der Waals surface area contributed by atoms with Gasteiger partial charge in [-0.3, -0.25) is 19.5 Å². The highest BCUT2D eigenvalue weighted by Gasteiger charge is 2.18. The highest BCUT2D eigenvalue weighted by atomic mass is 32.1. The molecule has 0 unspecified atom stereocenters. The van der Waals surface area contributed by atoms with Crippen LogP contribution in [0.1, 0.15) is 16.9 Å². The molecule has 0 aliphatic carbocycles. The van der Waals surface area contributed by atoms with E-state index in [1.54, 1.807) is 18.4 Å². The van der Waals surface area contributed by atoms with Gasteiger partial charge in [-0.05, 0) is 37.1 Å². The fourth-order valence-electron chi connectivity index (χ4n) is 3.74. The molecule has 0 spiro atoms. The number of carboxylic acid groups (broad SMARTS) is 2. The van der Waals surface area contributed by atoms with Crippen molar-refractivity contribution in [1.29, 1.82) is 0 Å². The van der Waals surface area contributed by atoms with Gasteiger partial charge in [0.2, 0.25) is 0 Å². The minimum Gasteiger partial charge on any atom is -0.496 e. The molecule has 1 aromatic carbocycles. The first-order valence-electron chi connectivity index (χ1n) is 10.7. The summed E-state index contributed by atoms with van der Waals surface area (Å²) in [5, 5.41) is 14.8. The summed E-state index contributed by atoms with van der Waals surface area (Å²) in [6.07, 6.45) is 7.03. The van der Waals surface area contributed by atoms with Gasteiger partial charge in [-0.15, -0.1) is 11.3 Å². The lowest BCUT2D eigenvalue weighted by atomic mass is 10.2. The zero-order chi connectivity index (χ0) is 24.8. The van der Waals surface area contributed by atoms with E-state index in [0.29, 0.717) is 0 Å². The number of hydrogen-bond donors (Lipinski definition) is 2. The molecule has 2 N–H and O–H groups in total. The average molecular weight is 487 g/mol. The highest BCUT2D eigenvalue weighted by molar-refractivity contribution is 7.15. The van der Waals surface area contributed by atoms with Crippen molar-refractivity contribution in [3.63, 3.8) is 0 Å². The first-order valence-corrected chi connectivity index (χ1v) is 11.5. The van der Waals surface area contributed by atoms with E-state index >= 15 is 0 Å². The number of aromatic nitrogens is 2. The Morgan fingerprint density at radius 2 is 1.79 bits per heavy atom. The Hall–Kier alpha value is -3.50. The van der Waals surface area contributed by atoms with E-state index in [9.17, 15) is 0 Å². The van der Waals surface area contributed by atoms with Crippen LogP contribution in [0.15, 0.2) is 48.9 Å². The largest absolute Gasteiger partial charge is 0.496 e. The number of rotatable bonds is 5. The SMILES string of the molecule is COc1ccccc1-c1ncc(CN2CCCN(c3ccncc3C)CC2)s1.O=CO.O=CO. The summed E-state index contributed by atoms with van der Waals surface area (Å²) in [6.45, 7) is 6.91. The maximum atomic E-state index is 8.36. The van der Waals surface area contributed by atoms with Crippen molar-refractivity contribution in [2.24, 2.45) is 0 Å². The van der Waals surface area contributed by atoms with Crippen LogP contribution in [0.2, 0.25) is 0 Å². The maximum absolute atomic E-state index is 8.36. The summed E-state index contributed by atoms with van der Waals surface area (Å²) < 4.78 is 5.49. The third-order valence-corrected chi connectivity index (χ3v) is 6.21. The number of aryl methyl sites for hydroxylation is 1. The fraction of sp³-hybridized carbons (Fsp3) is 0.333. The number of ether oxygens (including phenoxy) is 1. The topological polar surface area (TPSA) is 116 Å². The van der Waals surface area contributed by atoms with Gasteiger partial charge in [0.05, 0.1) is 12.7 Å². The summed E-state index contributed by atoms with van der Waals surface area (Å²) in [6, 6.07) is 10.2. The normalized spacial score (nSPS) is 13.4. The van der Waals surface area contributed by atoms with Crippen molar-refractivity contribution >= 4 is 30.0 Å². The molecule has 0 saturated carbocycles. The van der Waals surface area contributed by atoms with E-state index in [1.165, 1.54) is 22.5 Å². The predicted molar refractivity (Wildman–Crippen MR) is 133 cm³/mol. The molecule has 0 radical (unpaired) electrons. The second-order valence-electron chi connectivity index (χ2n) is 7.32. The third-order valence-electron chi connectivity index (χ3n) is 5.19. The maximum Gasteiger partial charge on any atom is 0.290 e. The molecule has 1 saturated heterocycles. The van der Waals surface area contributed by atoms with Gasteiger partial charge in [0.1, 0.15) is 10.8 Å². The minimum atomic E-state index is -0.250. The number of methoxy groups -OCH3 is 1. The first kappa shape index (κ1) is 26.7. The first-order chi connectivity index (χ1) is 16.6. The van der Waals surface area contributed by atoms with Crippen LogP contribution >= 0.6 is 11.3 Å². The molecule has 9 nitrogen and oxygen atoms in total. The highest BCUT2D eigenvalue weighted by Crippen LogP contribution is 2.33. The van der Waals surface area contributed by atoms with Crippen LogP contribution in [0.25, 0.3) is 10.6 Å². The predicted octanol–water partition coefficient (Wildman–Crippen LogP) is 3.64. The molecule has 1 aliphatic rings. The van der Waals surface area contributed by atoms with Crippen molar-refractivity contribution < 1.29 is 24.5 Å². The Morgan fingerprint density at radius 1 is 1.06 bits per heavy atom. The average Bonchev–Trinajstić information content (AvgIpc) is 3.18. The van der Waals surface area contributed by atoms with Crippen molar-refractivity contribution in [2.45, 2.75) is 19.9 Å². The Morgan fingerprint density at radius 3 is 2.50 bits per heavy atom. The zero-order valence-corrected chi connectivity index (χ0v) is 20.1. The molecule has 1 fully saturated rings. The smallest absolute Gasteiger partial charge is 0.290 e. The van der Waals surface area contributed by atoms with E-state index < -0.39 is 0 Å². The van der Waals surface area contributed by atoms with Crippen molar-refractivity contribution in [2.75, 3.05) is 38.2 Å². The summed E-state index contributed by atoms with van der Waals surface area (Å²) >= 11 is 1.76. The van der Waals surface area contributed by atoms with Gasteiger partial charge in [-0.2, -0.15) is 0 Å². The Kier molecular flexibility index (Phi) is 11.5. The quantitative estimate of drug-likeness (QED) is 0.521. The number of hydrogen-bond acceptors (Lipinski definition) is 8. The van der Waals surface area contributed by atoms with Crippen LogP contribution in [0.4, 0.5) is 5.69 Å². The Balaban J connectivity index is 0.000000618. The molecule has 2 aromatic heterocycles. The molecule has 3 aromatic rings. The molecule has 3 heterocycles. The van der Waals surface area contributed by atoms with E-state index in [2.05, 4.69) is 38.8 Å². The van der Waals surface area contributed by atoms with Crippen LogP contribution in [0, 0.1) is 6.92 Å². The standard InChI is InChI=1S/C22H26N4OS.2CH2O2/c1-17-14-23-9-8-20(17)26-11-5-10-25(12-13-26)16-18-15-24-22(28-18)19-6-3-4-7-21(19)27-2;2*2-1-3/h3-4,6-9,14-15H,5,10-13,16H2,1-2H3;2*1H,(H,2,3). The minimum absolute atomic E-state index is 0.250. The Bertz CT molecular complexity index is 1020. The van der Waals surface area contributed by atoms with Crippen molar-refractivity contribution in [3.05, 3.63) is 59.4 Å².